The van der Waals surface area contributed by atoms with Crippen LogP contribution >= 0.6 is 22.6 Å². The van der Waals surface area contributed by atoms with Gasteiger partial charge in [0.05, 0.1) is 11.2 Å². The molecule has 2 aliphatic heterocycles. The van der Waals surface area contributed by atoms with Gasteiger partial charge < -0.3 is 18.9 Å². The lowest BCUT2D eigenvalue weighted by Crippen LogP contribution is -2.48. The Morgan fingerprint density at radius 2 is 1.45 bits per heavy atom. The summed E-state index contributed by atoms with van der Waals surface area (Å²) in [5.74, 6) is 0.0767. The second kappa shape index (κ2) is 11.3. The first-order valence-electron chi connectivity index (χ1n) is 14.9. The molecule has 0 aromatic heterocycles. The molecule has 3 aliphatic rings. The minimum atomic E-state index is -0.381. The Bertz CT molecular complexity index is 1450. The van der Waals surface area contributed by atoms with Crippen molar-refractivity contribution in [2.75, 3.05) is 32.8 Å². The molecule has 42 heavy (non-hydrogen) atoms. The van der Waals surface area contributed by atoms with Gasteiger partial charge in [-0.1, -0.05) is 54.6 Å². The zero-order valence-electron chi connectivity index (χ0n) is 25.5. The van der Waals surface area contributed by atoms with Gasteiger partial charge >= 0.3 is 13.2 Å². The number of ether oxygens (including phenoxy) is 1. The van der Waals surface area contributed by atoms with E-state index < -0.39 is 0 Å². The van der Waals surface area contributed by atoms with Gasteiger partial charge in [0.1, 0.15) is 6.61 Å². The predicted molar refractivity (Wildman–Crippen MR) is 176 cm³/mol. The number of halogens is 1. The Morgan fingerprint density at radius 3 is 2.02 bits per heavy atom. The van der Waals surface area contributed by atoms with Gasteiger partial charge in [0.25, 0.3) is 0 Å². The van der Waals surface area contributed by atoms with E-state index in [9.17, 15) is 4.79 Å². The van der Waals surface area contributed by atoms with Crippen LogP contribution in [0.15, 0.2) is 54.6 Å². The lowest BCUT2D eigenvalue weighted by atomic mass is 9.74. The zero-order chi connectivity index (χ0) is 29.8. The number of amides is 1. The van der Waals surface area contributed by atoms with Crippen LogP contribution in [0.4, 0.5) is 4.79 Å². The van der Waals surface area contributed by atoms with Crippen molar-refractivity contribution in [3.63, 3.8) is 0 Å². The quantitative estimate of drug-likeness (QED) is 0.235. The van der Waals surface area contributed by atoms with Crippen molar-refractivity contribution in [3.05, 3.63) is 86.0 Å². The Labute approximate surface area is 264 Å². The van der Waals surface area contributed by atoms with Gasteiger partial charge in [0.15, 0.2) is 0 Å². The van der Waals surface area contributed by atoms with Crippen molar-refractivity contribution in [1.82, 2.24) is 9.80 Å². The van der Waals surface area contributed by atoms with E-state index in [1.165, 1.54) is 42.5 Å². The molecular formula is C34H40BIN2O4. The highest BCUT2D eigenvalue weighted by Gasteiger charge is 2.52. The molecule has 3 aromatic rings. The summed E-state index contributed by atoms with van der Waals surface area (Å²) in [7, 11) is -0.381. The van der Waals surface area contributed by atoms with Crippen molar-refractivity contribution in [2.24, 2.45) is 0 Å². The molecule has 6 nitrogen and oxygen atoms in total. The fourth-order valence-electron chi connectivity index (χ4n) is 6.35. The van der Waals surface area contributed by atoms with Crippen LogP contribution in [0.25, 0.3) is 11.1 Å². The number of hydrogen-bond donors (Lipinski definition) is 0. The Kier molecular flexibility index (Phi) is 7.96. The molecule has 1 amide bonds. The highest BCUT2D eigenvalue weighted by Crippen LogP contribution is 2.44. The van der Waals surface area contributed by atoms with Crippen LogP contribution in [0.2, 0.25) is 0 Å². The van der Waals surface area contributed by atoms with E-state index in [2.05, 4.69) is 124 Å². The highest BCUT2D eigenvalue weighted by molar-refractivity contribution is 14.1. The van der Waals surface area contributed by atoms with Crippen LogP contribution in [0.1, 0.15) is 61.4 Å². The van der Waals surface area contributed by atoms with E-state index in [4.69, 9.17) is 14.0 Å². The molecule has 8 heteroatoms. The van der Waals surface area contributed by atoms with E-state index in [1.807, 2.05) is 4.90 Å². The van der Waals surface area contributed by atoms with Crippen LogP contribution in [0, 0.1) is 17.4 Å². The lowest BCUT2D eigenvalue weighted by Gasteiger charge is -2.34. The van der Waals surface area contributed by atoms with Crippen molar-refractivity contribution in [3.8, 4) is 11.1 Å². The van der Waals surface area contributed by atoms with Crippen molar-refractivity contribution in [2.45, 2.75) is 65.2 Å². The van der Waals surface area contributed by atoms with Crippen molar-refractivity contribution in [1.29, 1.82) is 0 Å². The molecule has 2 fully saturated rings. The third kappa shape index (κ3) is 5.29. The summed E-state index contributed by atoms with van der Waals surface area (Å²) >= 11 is 2.46. The topological polar surface area (TPSA) is 51.2 Å². The SMILES string of the molecule is Cc1c(CN2CCN(C(=O)OCC3c4ccccc4-c4ccccc43)CC2)cc(B2OC(C)(C)C(C)(C)O2)c(C)c1I. The fraction of sp³-hybridized carbons (Fsp3) is 0.441. The number of fused-ring (bicyclic) bond motifs is 3. The average Bonchev–Trinajstić information content (AvgIpc) is 3.41. The molecule has 0 atom stereocenters. The van der Waals surface area contributed by atoms with Gasteiger partial charge in [-0.05, 0) is 109 Å². The second-order valence-electron chi connectivity index (χ2n) is 12.8. The van der Waals surface area contributed by atoms with Crippen LogP contribution in [0.3, 0.4) is 0 Å². The minimum absolute atomic E-state index is 0.0767. The van der Waals surface area contributed by atoms with Crippen molar-refractivity contribution < 1.29 is 18.8 Å². The highest BCUT2D eigenvalue weighted by atomic mass is 127. The van der Waals surface area contributed by atoms with Gasteiger partial charge in [-0.2, -0.15) is 0 Å². The second-order valence-corrected chi connectivity index (χ2v) is 13.9. The standard InChI is InChI=1S/C34H40BIN2O4/c1-22-24(19-30(23(2)31(22)36)35-41-33(3,4)34(5,6)42-35)20-37-15-17-38(18-16-37)32(39)40-21-29-27-13-9-7-11-25(27)26-12-8-10-14-28(26)29/h7-14,19,29H,15-18,20-21H2,1-6H3. The van der Waals surface area contributed by atoms with E-state index >= 15 is 0 Å². The molecule has 0 radical (unpaired) electrons. The molecule has 0 N–H and O–H groups in total. The molecule has 6 rings (SSSR count). The molecular weight excluding hydrogens is 638 g/mol. The summed E-state index contributed by atoms with van der Waals surface area (Å²) in [5, 5.41) is 0. The maximum atomic E-state index is 13.1. The Balaban J connectivity index is 1.08. The fourth-order valence-corrected chi connectivity index (χ4v) is 7.00. The van der Waals surface area contributed by atoms with Crippen LogP contribution < -0.4 is 5.46 Å². The maximum absolute atomic E-state index is 13.1. The first kappa shape index (κ1) is 29.7. The molecule has 2 saturated heterocycles. The van der Waals surface area contributed by atoms with Crippen molar-refractivity contribution >= 4 is 41.3 Å². The number of rotatable bonds is 5. The van der Waals surface area contributed by atoms with Crippen LogP contribution in [-0.4, -0.2) is 67.0 Å². The summed E-state index contributed by atoms with van der Waals surface area (Å²) < 4.78 is 20.0. The summed E-state index contributed by atoms with van der Waals surface area (Å²) in [6, 6.07) is 19.2. The normalized spacial score (nSPS) is 19.6. The monoisotopic (exact) mass is 678 g/mol. The summed E-state index contributed by atoms with van der Waals surface area (Å²) in [6.07, 6.45) is -0.222. The molecule has 0 unspecified atom stereocenters. The minimum Gasteiger partial charge on any atom is -0.448 e. The predicted octanol–water partition coefficient (Wildman–Crippen LogP) is 6.27. The molecule has 0 bridgehead atoms. The molecule has 2 heterocycles. The number of carbonyl (C=O) groups is 1. The molecule has 220 valence electrons. The summed E-state index contributed by atoms with van der Waals surface area (Å²) in [6.45, 7) is 16.8. The summed E-state index contributed by atoms with van der Waals surface area (Å²) in [5.41, 5.74) is 9.10. The summed E-state index contributed by atoms with van der Waals surface area (Å²) in [4.78, 5) is 17.4. The van der Waals surface area contributed by atoms with E-state index in [1.54, 1.807) is 0 Å². The molecule has 0 saturated carbocycles. The average molecular weight is 678 g/mol. The van der Waals surface area contributed by atoms with E-state index in [0.29, 0.717) is 19.7 Å². The molecule has 1 aliphatic carbocycles. The third-order valence-electron chi connectivity index (χ3n) is 9.77. The Morgan fingerprint density at radius 1 is 0.905 bits per heavy atom. The van der Waals surface area contributed by atoms with Gasteiger partial charge in [0.2, 0.25) is 0 Å². The number of piperazine rings is 1. The maximum Gasteiger partial charge on any atom is 0.495 e. The van der Waals surface area contributed by atoms with Crippen LogP contribution in [0.5, 0.6) is 0 Å². The third-order valence-corrected chi connectivity index (χ3v) is 11.4. The van der Waals surface area contributed by atoms with Crippen LogP contribution in [-0.2, 0) is 20.6 Å². The van der Waals surface area contributed by atoms with Gasteiger partial charge in [0, 0.05) is 42.2 Å². The Hall–Kier alpha value is -2.40. The smallest absolute Gasteiger partial charge is 0.448 e. The van der Waals surface area contributed by atoms with Gasteiger partial charge in [-0.15, -0.1) is 0 Å². The first-order valence-corrected chi connectivity index (χ1v) is 16.0. The lowest BCUT2D eigenvalue weighted by molar-refractivity contribution is 0.00578. The van der Waals surface area contributed by atoms with E-state index in [0.717, 1.165) is 25.1 Å². The zero-order valence-corrected chi connectivity index (χ0v) is 27.7. The number of nitrogens with zero attached hydrogens (tertiary/aromatic N) is 2. The molecule has 3 aromatic carbocycles. The number of hydrogen-bond acceptors (Lipinski definition) is 5. The number of carbonyl (C=O) groups excluding carboxylic acids is 1. The first-order chi connectivity index (χ1) is 20.0. The van der Waals surface area contributed by atoms with Gasteiger partial charge in [-0.25, -0.2) is 4.79 Å². The van der Waals surface area contributed by atoms with E-state index in [-0.39, 0.29) is 30.3 Å². The molecule has 0 spiro atoms. The van der Waals surface area contributed by atoms with Gasteiger partial charge in [-0.3, -0.25) is 4.90 Å². The number of benzene rings is 3. The largest absolute Gasteiger partial charge is 0.495 e.